The molecule has 0 radical (unpaired) electrons. The van der Waals surface area contributed by atoms with Crippen molar-refractivity contribution in [3.05, 3.63) is 53.6 Å². The average molecular weight is 575 g/mol. The predicted octanol–water partition coefficient (Wildman–Crippen LogP) is 2.46. The first-order valence-electron chi connectivity index (χ1n) is 14.1. The molecule has 13 nitrogen and oxygen atoms in total. The first-order chi connectivity index (χ1) is 20.6. The van der Waals surface area contributed by atoms with E-state index in [0.29, 0.717) is 80.8 Å². The van der Waals surface area contributed by atoms with E-state index in [1.807, 2.05) is 30.3 Å². The molecule has 2 aromatic carbocycles. The quantitative estimate of drug-likeness (QED) is 0.413. The maximum Gasteiger partial charge on any atom is 0.323 e. The van der Waals surface area contributed by atoms with Gasteiger partial charge in [-0.2, -0.15) is 15.0 Å². The maximum atomic E-state index is 12.8. The summed E-state index contributed by atoms with van der Waals surface area (Å²) in [6.45, 7) is 6.90. The lowest BCUT2D eigenvalue weighted by molar-refractivity contribution is 0.0719. The third kappa shape index (κ3) is 6.27. The Kier molecular flexibility index (Phi) is 8.40. The zero-order valence-corrected chi connectivity index (χ0v) is 23.5. The van der Waals surface area contributed by atoms with Crippen LogP contribution in [0.1, 0.15) is 15.9 Å². The Labute approximate surface area is 243 Å². The van der Waals surface area contributed by atoms with E-state index in [0.717, 1.165) is 37.3 Å². The van der Waals surface area contributed by atoms with Crippen LogP contribution in [0.2, 0.25) is 0 Å². The number of rotatable bonds is 8. The van der Waals surface area contributed by atoms with Crippen LogP contribution in [0.15, 0.2) is 42.5 Å². The van der Waals surface area contributed by atoms with Crippen molar-refractivity contribution in [2.75, 3.05) is 93.3 Å². The van der Waals surface area contributed by atoms with Crippen molar-refractivity contribution in [2.45, 2.75) is 6.54 Å². The van der Waals surface area contributed by atoms with Gasteiger partial charge in [-0.25, -0.2) is 4.79 Å². The summed E-state index contributed by atoms with van der Waals surface area (Å²) in [7, 11) is 1.61. The van der Waals surface area contributed by atoms with Crippen LogP contribution in [0.25, 0.3) is 11.4 Å². The first-order valence-corrected chi connectivity index (χ1v) is 14.1. The van der Waals surface area contributed by atoms with Crippen molar-refractivity contribution >= 4 is 35.2 Å². The molecular formula is C29H34N8O5. The summed E-state index contributed by atoms with van der Waals surface area (Å²) in [6.07, 6.45) is 0. The number of hydrogen-bond acceptors (Lipinski definition) is 10. The molecule has 3 amide bonds. The molecule has 220 valence electrons. The van der Waals surface area contributed by atoms with Crippen LogP contribution in [-0.4, -0.2) is 105 Å². The predicted molar refractivity (Wildman–Crippen MR) is 157 cm³/mol. The van der Waals surface area contributed by atoms with Crippen LogP contribution in [0.3, 0.4) is 0 Å². The molecule has 0 aliphatic carbocycles. The van der Waals surface area contributed by atoms with Gasteiger partial charge in [0, 0.05) is 68.9 Å². The molecule has 3 aliphatic rings. The number of morpholine rings is 2. The molecular weight excluding hydrogens is 540 g/mol. The van der Waals surface area contributed by atoms with E-state index < -0.39 is 0 Å². The van der Waals surface area contributed by atoms with Gasteiger partial charge in [0.25, 0.3) is 5.91 Å². The van der Waals surface area contributed by atoms with E-state index in [1.165, 1.54) is 0 Å². The number of aromatic nitrogens is 3. The van der Waals surface area contributed by atoms with Gasteiger partial charge in [-0.3, -0.25) is 4.79 Å². The summed E-state index contributed by atoms with van der Waals surface area (Å²) in [4.78, 5) is 45.6. The molecule has 2 N–H and O–H groups in total. The molecule has 0 unspecified atom stereocenters. The van der Waals surface area contributed by atoms with E-state index in [9.17, 15) is 9.59 Å². The van der Waals surface area contributed by atoms with Crippen molar-refractivity contribution in [1.82, 2.24) is 19.9 Å². The van der Waals surface area contributed by atoms with Gasteiger partial charge in [-0.1, -0.05) is 0 Å². The standard InChI is InChI=1S/C29H34N8O5/c1-40-13-8-37-19-21-18-23(6-7-24(21)26(37)38)31-29(39)30-22-4-2-20(3-5-22)25-32-27(35-9-14-41-15-10-35)34-28(33-25)36-11-16-42-17-12-36/h2-7,18H,8-17,19H2,1H3,(H2,30,31,39). The largest absolute Gasteiger partial charge is 0.383 e. The van der Waals surface area contributed by atoms with E-state index in [2.05, 4.69) is 20.4 Å². The normalized spacial score (nSPS) is 16.9. The molecule has 13 heteroatoms. The Hall–Kier alpha value is -4.33. The second kappa shape index (κ2) is 12.7. The van der Waals surface area contributed by atoms with Gasteiger partial charge in [0.1, 0.15) is 0 Å². The van der Waals surface area contributed by atoms with Crippen molar-refractivity contribution in [2.24, 2.45) is 0 Å². The highest BCUT2D eigenvalue weighted by atomic mass is 16.5. The van der Waals surface area contributed by atoms with Crippen molar-refractivity contribution in [3.8, 4) is 11.4 Å². The summed E-state index contributed by atoms with van der Waals surface area (Å²) < 4.78 is 16.1. The Bertz CT molecular complexity index is 1390. The highest BCUT2D eigenvalue weighted by Crippen LogP contribution is 2.27. The van der Waals surface area contributed by atoms with Crippen LogP contribution in [0, 0.1) is 0 Å². The van der Waals surface area contributed by atoms with Gasteiger partial charge >= 0.3 is 6.03 Å². The number of nitrogens with one attached hydrogen (secondary N) is 2. The van der Waals surface area contributed by atoms with Gasteiger partial charge in [-0.15, -0.1) is 0 Å². The fraction of sp³-hybridized carbons (Fsp3) is 0.414. The molecule has 0 bridgehead atoms. The third-order valence-electron chi connectivity index (χ3n) is 7.41. The molecule has 0 saturated carbocycles. The molecule has 3 aromatic rings. The number of amides is 3. The molecule has 2 fully saturated rings. The number of anilines is 4. The lowest BCUT2D eigenvalue weighted by Crippen LogP contribution is -2.40. The van der Waals surface area contributed by atoms with Crippen LogP contribution in [-0.2, 0) is 20.8 Å². The van der Waals surface area contributed by atoms with Gasteiger partial charge in [0.15, 0.2) is 5.82 Å². The minimum Gasteiger partial charge on any atom is -0.383 e. The van der Waals surface area contributed by atoms with Crippen LogP contribution >= 0.6 is 0 Å². The van der Waals surface area contributed by atoms with Crippen molar-refractivity contribution in [3.63, 3.8) is 0 Å². The zero-order chi connectivity index (χ0) is 28.9. The number of methoxy groups -OCH3 is 1. The van der Waals surface area contributed by atoms with E-state index in [4.69, 9.17) is 29.2 Å². The van der Waals surface area contributed by atoms with Gasteiger partial charge < -0.3 is 39.5 Å². The molecule has 0 spiro atoms. The Morgan fingerprint density at radius 3 is 2.07 bits per heavy atom. The number of carbonyl (C=O) groups excluding carboxylic acids is 2. The Morgan fingerprint density at radius 1 is 0.857 bits per heavy atom. The van der Waals surface area contributed by atoms with E-state index >= 15 is 0 Å². The number of urea groups is 1. The molecule has 2 saturated heterocycles. The third-order valence-corrected chi connectivity index (χ3v) is 7.41. The molecule has 3 aliphatic heterocycles. The molecule has 1 aromatic heterocycles. The molecule has 6 rings (SSSR count). The number of hydrogen-bond donors (Lipinski definition) is 2. The highest BCUT2D eigenvalue weighted by molar-refractivity contribution is 6.02. The lowest BCUT2D eigenvalue weighted by atomic mass is 10.1. The minimum atomic E-state index is -0.382. The Morgan fingerprint density at radius 2 is 1.45 bits per heavy atom. The van der Waals surface area contributed by atoms with Crippen LogP contribution in [0.4, 0.5) is 28.1 Å². The second-order valence-corrected chi connectivity index (χ2v) is 10.2. The fourth-order valence-electron chi connectivity index (χ4n) is 5.13. The summed E-state index contributed by atoms with van der Waals surface area (Å²) in [5.74, 6) is 1.80. The SMILES string of the molecule is COCCN1Cc2cc(NC(=O)Nc3ccc(-c4nc(N5CCOCC5)nc(N5CCOCC5)n4)cc3)ccc2C1=O. The molecule has 4 heterocycles. The topological polar surface area (TPSA) is 134 Å². The number of benzene rings is 2. The highest BCUT2D eigenvalue weighted by Gasteiger charge is 2.27. The minimum absolute atomic E-state index is 0.0227. The van der Waals surface area contributed by atoms with Crippen molar-refractivity contribution in [1.29, 1.82) is 0 Å². The average Bonchev–Trinajstić information content (AvgIpc) is 3.35. The van der Waals surface area contributed by atoms with E-state index in [1.54, 1.807) is 24.1 Å². The summed E-state index contributed by atoms with van der Waals surface area (Å²) in [5, 5.41) is 5.73. The number of nitrogens with zero attached hydrogens (tertiary/aromatic N) is 6. The molecule has 0 atom stereocenters. The lowest BCUT2D eigenvalue weighted by Gasteiger charge is -2.30. The second-order valence-electron chi connectivity index (χ2n) is 10.2. The van der Waals surface area contributed by atoms with Crippen molar-refractivity contribution < 1.29 is 23.8 Å². The van der Waals surface area contributed by atoms with Gasteiger partial charge in [0.05, 0.1) is 33.0 Å². The maximum absolute atomic E-state index is 12.8. The summed E-state index contributed by atoms with van der Waals surface area (Å²) in [6, 6.07) is 12.3. The summed E-state index contributed by atoms with van der Waals surface area (Å²) >= 11 is 0. The first kappa shape index (κ1) is 27.8. The number of ether oxygens (including phenoxy) is 3. The summed E-state index contributed by atoms with van der Waals surface area (Å²) in [5.41, 5.74) is 3.58. The van der Waals surface area contributed by atoms with Crippen LogP contribution in [0.5, 0.6) is 0 Å². The zero-order valence-electron chi connectivity index (χ0n) is 23.5. The number of fused-ring (bicyclic) bond motifs is 1. The smallest absolute Gasteiger partial charge is 0.323 e. The Balaban J connectivity index is 1.13. The van der Waals surface area contributed by atoms with E-state index in [-0.39, 0.29) is 11.9 Å². The fourth-order valence-corrected chi connectivity index (χ4v) is 5.13. The van der Waals surface area contributed by atoms with Crippen LogP contribution < -0.4 is 20.4 Å². The number of carbonyl (C=O) groups is 2. The van der Waals surface area contributed by atoms with Gasteiger partial charge in [-0.05, 0) is 48.0 Å². The van der Waals surface area contributed by atoms with Gasteiger partial charge in [0.2, 0.25) is 11.9 Å². The molecule has 42 heavy (non-hydrogen) atoms. The monoisotopic (exact) mass is 574 g/mol.